The standard InChI is InChI=1S/C14H14ClF3O/c15-11-1-2-12(16)10(7-11)8-13(19)9-3-5-14(17,18)6-4-9/h1-2,7,9H,3-6,8H2. The fraction of sp³-hybridized carbons (Fsp3) is 0.500. The van der Waals surface area contributed by atoms with E-state index in [-0.39, 0.29) is 43.5 Å². The number of carbonyl (C=O) groups is 1. The summed E-state index contributed by atoms with van der Waals surface area (Å²) < 4.78 is 39.5. The molecule has 1 fully saturated rings. The van der Waals surface area contributed by atoms with Crippen LogP contribution in [0.3, 0.4) is 0 Å². The largest absolute Gasteiger partial charge is 0.299 e. The number of carbonyl (C=O) groups excluding carboxylic acids is 1. The number of hydrogen-bond acceptors (Lipinski definition) is 1. The molecule has 1 nitrogen and oxygen atoms in total. The summed E-state index contributed by atoms with van der Waals surface area (Å²) in [6.07, 6.45) is -0.256. The molecule has 0 aliphatic heterocycles. The minimum atomic E-state index is -2.65. The Hall–Kier alpha value is -1.03. The Balaban J connectivity index is 2.00. The Kier molecular flexibility index (Phi) is 4.19. The first-order chi connectivity index (χ1) is 8.87. The van der Waals surface area contributed by atoms with Crippen molar-refractivity contribution in [1.82, 2.24) is 0 Å². The van der Waals surface area contributed by atoms with Crippen LogP contribution in [-0.4, -0.2) is 11.7 Å². The van der Waals surface area contributed by atoms with E-state index in [1.807, 2.05) is 0 Å². The quantitative estimate of drug-likeness (QED) is 0.805. The van der Waals surface area contributed by atoms with E-state index in [1.54, 1.807) is 0 Å². The smallest absolute Gasteiger partial charge is 0.248 e. The second-order valence-electron chi connectivity index (χ2n) is 5.01. The second-order valence-corrected chi connectivity index (χ2v) is 5.45. The van der Waals surface area contributed by atoms with Gasteiger partial charge in [0, 0.05) is 30.2 Å². The van der Waals surface area contributed by atoms with Crippen molar-refractivity contribution < 1.29 is 18.0 Å². The molecule has 2 rings (SSSR count). The van der Waals surface area contributed by atoms with Crippen molar-refractivity contribution >= 4 is 17.4 Å². The molecular weight excluding hydrogens is 277 g/mol. The zero-order chi connectivity index (χ0) is 14.0. The Bertz CT molecular complexity index is 478. The van der Waals surface area contributed by atoms with Gasteiger partial charge in [-0.25, -0.2) is 13.2 Å². The van der Waals surface area contributed by atoms with Crippen molar-refractivity contribution in [2.45, 2.75) is 38.0 Å². The molecule has 1 saturated carbocycles. The monoisotopic (exact) mass is 290 g/mol. The third kappa shape index (κ3) is 3.72. The summed E-state index contributed by atoms with van der Waals surface area (Å²) >= 11 is 5.75. The van der Waals surface area contributed by atoms with E-state index < -0.39 is 17.7 Å². The zero-order valence-corrected chi connectivity index (χ0v) is 11.0. The lowest BCUT2D eigenvalue weighted by molar-refractivity contribution is -0.126. The molecule has 0 saturated heterocycles. The summed E-state index contributed by atoms with van der Waals surface area (Å²) in [5.41, 5.74) is 0.231. The van der Waals surface area contributed by atoms with Gasteiger partial charge in [0.05, 0.1) is 0 Å². The van der Waals surface area contributed by atoms with Crippen molar-refractivity contribution in [3.8, 4) is 0 Å². The first kappa shape index (κ1) is 14.4. The normalized spacial score (nSPS) is 19.4. The van der Waals surface area contributed by atoms with Crippen LogP contribution in [0.4, 0.5) is 13.2 Å². The molecule has 0 heterocycles. The van der Waals surface area contributed by atoms with Gasteiger partial charge in [0.2, 0.25) is 5.92 Å². The molecule has 1 aliphatic carbocycles. The molecular formula is C14H14ClF3O. The van der Waals surface area contributed by atoms with Gasteiger partial charge in [0.1, 0.15) is 11.6 Å². The fourth-order valence-electron chi connectivity index (χ4n) is 2.37. The molecule has 0 unspecified atom stereocenters. The van der Waals surface area contributed by atoms with Crippen LogP contribution in [0.2, 0.25) is 5.02 Å². The van der Waals surface area contributed by atoms with Crippen molar-refractivity contribution in [3.63, 3.8) is 0 Å². The predicted molar refractivity (Wildman–Crippen MR) is 67.0 cm³/mol. The number of halogens is 4. The molecule has 0 radical (unpaired) electrons. The molecule has 0 aromatic heterocycles. The summed E-state index contributed by atoms with van der Waals surface area (Å²) in [6, 6.07) is 4.03. The number of alkyl halides is 2. The Morgan fingerprint density at radius 2 is 1.95 bits per heavy atom. The minimum Gasteiger partial charge on any atom is -0.299 e. The fourth-order valence-corrected chi connectivity index (χ4v) is 2.57. The summed E-state index contributed by atoms with van der Waals surface area (Å²) in [5, 5.41) is 0.361. The SMILES string of the molecule is O=C(Cc1cc(Cl)ccc1F)C1CCC(F)(F)CC1. The van der Waals surface area contributed by atoms with Crippen molar-refractivity contribution in [2.24, 2.45) is 5.92 Å². The first-order valence-electron chi connectivity index (χ1n) is 6.22. The van der Waals surface area contributed by atoms with Gasteiger partial charge in [0.25, 0.3) is 0 Å². The molecule has 0 spiro atoms. The molecule has 19 heavy (non-hydrogen) atoms. The molecule has 1 aromatic rings. The molecule has 0 amide bonds. The highest BCUT2D eigenvalue weighted by molar-refractivity contribution is 6.30. The third-order valence-electron chi connectivity index (χ3n) is 3.54. The summed E-state index contributed by atoms with van der Waals surface area (Å²) in [4.78, 5) is 12.0. The van der Waals surface area contributed by atoms with Gasteiger partial charge in [-0.3, -0.25) is 4.79 Å². The number of Topliss-reactive ketones (excluding diaryl/α,β-unsaturated/α-hetero) is 1. The lowest BCUT2D eigenvalue weighted by Crippen LogP contribution is -2.29. The zero-order valence-electron chi connectivity index (χ0n) is 10.3. The average molecular weight is 291 g/mol. The van der Waals surface area contributed by atoms with E-state index in [0.717, 1.165) is 0 Å². The number of benzene rings is 1. The lowest BCUT2D eigenvalue weighted by Gasteiger charge is -2.27. The second kappa shape index (κ2) is 5.53. The minimum absolute atomic E-state index is 0.0807. The third-order valence-corrected chi connectivity index (χ3v) is 3.78. The molecule has 104 valence electrons. The predicted octanol–water partition coefficient (Wildman–Crippen LogP) is 4.42. The van der Waals surface area contributed by atoms with Gasteiger partial charge in [-0.15, -0.1) is 0 Å². The van der Waals surface area contributed by atoms with Gasteiger partial charge in [-0.05, 0) is 36.6 Å². The van der Waals surface area contributed by atoms with E-state index in [4.69, 9.17) is 11.6 Å². The van der Waals surface area contributed by atoms with Gasteiger partial charge < -0.3 is 0 Å². The average Bonchev–Trinajstić information content (AvgIpc) is 2.33. The van der Waals surface area contributed by atoms with Crippen molar-refractivity contribution in [3.05, 3.63) is 34.6 Å². The van der Waals surface area contributed by atoms with E-state index in [1.165, 1.54) is 18.2 Å². The summed E-state index contributed by atoms with van der Waals surface area (Å²) in [6.45, 7) is 0. The molecule has 1 aromatic carbocycles. The van der Waals surface area contributed by atoms with E-state index >= 15 is 0 Å². The van der Waals surface area contributed by atoms with Gasteiger partial charge in [-0.1, -0.05) is 11.6 Å². The molecule has 0 bridgehead atoms. The van der Waals surface area contributed by atoms with E-state index in [0.29, 0.717) is 5.02 Å². The Morgan fingerprint density at radius 3 is 2.58 bits per heavy atom. The van der Waals surface area contributed by atoms with E-state index in [2.05, 4.69) is 0 Å². The van der Waals surface area contributed by atoms with Crippen LogP contribution in [0.1, 0.15) is 31.2 Å². The van der Waals surface area contributed by atoms with Crippen LogP contribution in [0.25, 0.3) is 0 Å². The van der Waals surface area contributed by atoms with Crippen molar-refractivity contribution in [2.75, 3.05) is 0 Å². The Morgan fingerprint density at radius 1 is 1.32 bits per heavy atom. The highest BCUT2D eigenvalue weighted by atomic mass is 35.5. The maximum absolute atomic E-state index is 13.5. The van der Waals surface area contributed by atoms with Crippen LogP contribution in [0, 0.1) is 11.7 Å². The molecule has 5 heteroatoms. The lowest BCUT2D eigenvalue weighted by atomic mass is 9.82. The highest BCUT2D eigenvalue weighted by Gasteiger charge is 2.37. The van der Waals surface area contributed by atoms with Gasteiger partial charge in [0.15, 0.2) is 0 Å². The Labute approximate surface area is 114 Å². The summed E-state index contributed by atoms with van der Waals surface area (Å²) in [5.74, 6) is -3.72. The molecule has 0 N–H and O–H groups in total. The maximum Gasteiger partial charge on any atom is 0.248 e. The topological polar surface area (TPSA) is 17.1 Å². The van der Waals surface area contributed by atoms with Crippen LogP contribution in [-0.2, 0) is 11.2 Å². The number of ketones is 1. The number of rotatable bonds is 3. The molecule has 1 aliphatic rings. The van der Waals surface area contributed by atoms with Crippen molar-refractivity contribution in [1.29, 1.82) is 0 Å². The van der Waals surface area contributed by atoms with Crippen LogP contribution < -0.4 is 0 Å². The highest BCUT2D eigenvalue weighted by Crippen LogP contribution is 2.36. The molecule has 0 atom stereocenters. The summed E-state index contributed by atoms with van der Waals surface area (Å²) in [7, 11) is 0. The van der Waals surface area contributed by atoms with Crippen LogP contribution in [0.15, 0.2) is 18.2 Å². The van der Waals surface area contributed by atoms with Crippen LogP contribution >= 0.6 is 11.6 Å². The van der Waals surface area contributed by atoms with Gasteiger partial charge in [-0.2, -0.15) is 0 Å². The van der Waals surface area contributed by atoms with Crippen LogP contribution in [0.5, 0.6) is 0 Å². The maximum atomic E-state index is 13.5. The van der Waals surface area contributed by atoms with E-state index in [9.17, 15) is 18.0 Å². The number of hydrogen-bond donors (Lipinski definition) is 0. The first-order valence-corrected chi connectivity index (χ1v) is 6.60. The van der Waals surface area contributed by atoms with Gasteiger partial charge >= 0.3 is 0 Å².